The van der Waals surface area contributed by atoms with Crippen molar-refractivity contribution < 1.29 is 85.1 Å². The van der Waals surface area contributed by atoms with E-state index in [9.17, 15) is 36.4 Å². The summed E-state index contributed by atoms with van der Waals surface area (Å²) in [5.41, 5.74) is 7.21. The van der Waals surface area contributed by atoms with Gasteiger partial charge in [0.2, 0.25) is 0 Å². The van der Waals surface area contributed by atoms with E-state index in [1.54, 1.807) is 60.7 Å². The molecule has 18 heteroatoms. The minimum atomic E-state index is -4.80. The van der Waals surface area contributed by atoms with Crippen LogP contribution in [0.25, 0.3) is 12.2 Å². The molecule has 0 fully saturated rings. The Morgan fingerprint density at radius 2 is 0.940 bits per heavy atom. The van der Waals surface area contributed by atoms with Crippen LogP contribution in [0.1, 0.15) is 36.1 Å². The molecule has 248 valence electrons. The van der Waals surface area contributed by atoms with E-state index < -0.39 is 30.0 Å². The molecular formula is C32H28N6Na2O8S2. The van der Waals surface area contributed by atoms with E-state index in [-0.39, 0.29) is 104 Å². The van der Waals surface area contributed by atoms with Crippen molar-refractivity contribution >= 4 is 66.6 Å². The maximum atomic E-state index is 12.3. The molecule has 4 N–H and O–H groups in total. The van der Waals surface area contributed by atoms with Crippen LogP contribution in [0.4, 0.5) is 11.4 Å². The fraction of sp³-hybridized carbons (Fsp3) is 0.0625. The Morgan fingerprint density at radius 1 is 0.600 bits per heavy atom. The van der Waals surface area contributed by atoms with Gasteiger partial charge in [-0.2, -0.15) is 27.0 Å². The second-order valence-corrected chi connectivity index (χ2v) is 12.8. The third-order valence-electron chi connectivity index (χ3n) is 6.67. The minimum Gasteiger partial charge on any atom is -0.792 e. The molecule has 0 aliphatic rings. The molecule has 4 aromatic rings. The zero-order chi connectivity index (χ0) is 34.9. The zero-order valence-electron chi connectivity index (χ0n) is 27.3. The summed E-state index contributed by atoms with van der Waals surface area (Å²) in [6.45, 7) is 2.92. The maximum Gasteiger partial charge on any atom is 1.00 e. The summed E-state index contributed by atoms with van der Waals surface area (Å²) in [4.78, 5) is -1.08. The number of hydrogen-bond donors (Lipinski definition) is 4. The Bertz CT molecular complexity index is 2020. The summed E-state index contributed by atoms with van der Waals surface area (Å²) in [6, 6.07) is 25.1. The standard InChI is InChI=1S/C32H30N6O8S2.2Na/c1-21(37-39)31(25-9-5-3-6-10-25)35-33-27-17-15-23(29(19-27)47(41,42)43)13-14-24-16-18-28(20-30(24)48(44,45)46)34-36-32(22(2)38-40)26-11-7-4-8-12-26;;/h3-20,33-34,39-40H,1-2H3,(H,41,42,43)(H,44,45,46);;/q;2*+1/p-2/b14-13+,35-31-,36-32+,37-21-,38-22-;;. The molecule has 0 amide bonds. The summed E-state index contributed by atoms with van der Waals surface area (Å²) >= 11 is 0. The van der Waals surface area contributed by atoms with Crippen molar-refractivity contribution in [1.82, 2.24) is 0 Å². The smallest absolute Gasteiger partial charge is 0.792 e. The fourth-order valence-electron chi connectivity index (χ4n) is 4.34. The third kappa shape index (κ3) is 11.4. The molecule has 14 nitrogen and oxygen atoms in total. The molecule has 0 aliphatic carbocycles. The Kier molecular flexibility index (Phi) is 16.2. The summed E-state index contributed by atoms with van der Waals surface area (Å²) in [5.74, 6) is 0. The van der Waals surface area contributed by atoms with Gasteiger partial charge in [-0.25, -0.2) is 0 Å². The first-order valence-electron chi connectivity index (χ1n) is 13.9. The van der Waals surface area contributed by atoms with Crippen LogP contribution in [0.5, 0.6) is 0 Å². The van der Waals surface area contributed by atoms with Crippen LogP contribution in [0.2, 0.25) is 0 Å². The predicted octanol–water partition coefficient (Wildman–Crippen LogP) is -0.0918. The van der Waals surface area contributed by atoms with Gasteiger partial charge in [-0.15, -0.1) is 0 Å². The molecule has 50 heavy (non-hydrogen) atoms. The number of benzene rings is 4. The molecule has 4 rings (SSSR count). The zero-order valence-corrected chi connectivity index (χ0v) is 33.0. The van der Waals surface area contributed by atoms with Crippen LogP contribution < -0.4 is 70.0 Å². The summed E-state index contributed by atoms with van der Waals surface area (Å²) in [7, 11) is -9.61. The molecule has 4 aromatic carbocycles. The van der Waals surface area contributed by atoms with E-state index in [0.717, 1.165) is 12.1 Å². The van der Waals surface area contributed by atoms with E-state index >= 15 is 0 Å². The van der Waals surface area contributed by atoms with Gasteiger partial charge in [0.05, 0.1) is 22.8 Å². The van der Waals surface area contributed by atoms with Gasteiger partial charge < -0.3 is 20.7 Å². The quantitative estimate of drug-likeness (QED) is 0.0497. The molecule has 0 spiro atoms. The van der Waals surface area contributed by atoms with Crippen molar-refractivity contribution in [2.24, 2.45) is 20.5 Å². The van der Waals surface area contributed by atoms with Gasteiger partial charge in [-0.05, 0) is 49.2 Å². The molecule has 0 radical (unpaired) electrons. The Hall–Kier alpha value is -3.68. The molecule has 0 atom stereocenters. The maximum absolute atomic E-state index is 12.3. The summed E-state index contributed by atoms with van der Waals surface area (Å²) < 4.78 is 69.2. The van der Waals surface area contributed by atoms with Crippen LogP contribution in [-0.4, -0.2) is 48.8 Å². The molecule has 0 saturated heterocycles. The van der Waals surface area contributed by atoms with Crippen molar-refractivity contribution in [2.45, 2.75) is 23.6 Å². The number of nitrogens with zero attached hydrogens (tertiary/aromatic N) is 4. The van der Waals surface area contributed by atoms with Crippen LogP contribution in [0.3, 0.4) is 0 Å². The van der Waals surface area contributed by atoms with Crippen molar-refractivity contribution in [3.63, 3.8) is 0 Å². The molecule has 0 aliphatic heterocycles. The molecular weight excluding hydrogens is 707 g/mol. The predicted molar refractivity (Wildman–Crippen MR) is 188 cm³/mol. The first-order valence-corrected chi connectivity index (χ1v) is 16.7. The van der Waals surface area contributed by atoms with Crippen molar-refractivity contribution in [1.29, 1.82) is 0 Å². The van der Waals surface area contributed by atoms with Gasteiger partial charge in [-0.1, -0.05) is 84.9 Å². The van der Waals surface area contributed by atoms with Gasteiger partial charge in [0.25, 0.3) is 20.2 Å². The monoisotopic (exact) mass is 734 g/mol. The first kappa shape index (κ1) is 42.5. The second kappa shape index (κ2) is 19.1. The average molecular weight is 735 g/mol. The van der Waals surface area contributed by atoms with Gasteiger partial charge >= 0.3 is 59.1 Å². The Morgan fingerprint density at radius 3 is 1.24 bits per heavy atom. The number of rotatable bonds is 12. The van der Waals surface area contributed by atoms with E-state index in [1.165, 1.54) is 50.3 Å². The molecule has 0 unspecified atom stereocenters. The van der Waals surface area contributed by atoms with Crippen molar-refractivity contribution in [2.75, 3.05) is 10.9 Å². The summed E-state index contributed by atoms with van der Waals surface area (Å²) in [5, 5.41) is 36.7. The van der Waals surface area contributed by atoms with Gasteiger partial charge in [0.15, 0.2) is 0 Å². The van der Waals surface area contributed by atoms with Crippen molar-refractivity contribution in [3.05, 3.63) is 130 Å². The number of anilines is 2. The SMILES string of the molecule is CC(=N/[O-])/C(=N\Nc1ccc(/C=C/c2ccc(N/N=C(/C(C)=N\[O-])c3ccccc3)cc2S(=O)(=O)O)c(S(=O)(=O)O)c1)c1ccccc1.[Na+].[Na+]. The molecule has 0 heterocycles. The number of hydrazone groups is 2. The van der Waals surface area contributed by atoms with Gasteiger partial charge in [0, 0.05) is 11.1 Å². The van der Waals surface area contributed by atoms with E-state index in [0.29, 0.717) is 11.1 Å². The first-order chi connectivity index (χ1) is 22.8. The van der Waals surface area contributed by atoms with Crippen LogP contribution in [-0.2, 0) is 20.2 Å². The summed E-state index contributed by atoms with van der Waals surface area (Å²) in [6.07, 6.45) is 2.47. The fourth-order valence-corrected chi connectivity index (χ4v) is 5.76. The largest absolute Gasteiger partial charge is 1.00 e. The van der Waals surface area contributed by atoms with Gasteiger partial charge in [0.1, 0.15) is 21.2 Å². The average Bonchev–Trinajstić information content (AvgIpc) is 3.07. The van der Waals surface area contributed by atoms with E-state index in [2.05, 4.69) is 31.4 Å². The normalized spacial score (nSPS) is 13.0. The van der Waals surface area contributed by atoms with Crippen LogP contribution >= 0.6 is 0 Å². The minimum absolute atomic E-state index is 0. The van der Waals surface area contributed by atoms with Crippen LogP contribution in [0, 0.1) is 10.4 Å². The second-order valence-electron chi connectivity index (χ2n) is 10.0. The molecule has 0 saturated carbocycles. The molecule has 0 aromatic heterocycles. The molecule has 0 bridgehead atoms. The topological polar surface area (TPSA) is 228 Å². The Balaban J connectivity index is 0.00000433. The number of nitrogens with one attached hydrogen (secondary N) is 2. The number of hydrogen-bond acceptors (Lipinski definition) is 12. The van der Waals surface area contributed by atoms with E-state index in [4.69, 9.17) is 0 Å². The van der Waals surface area contributed by atoms with Gasteiger partial charge in [-0.3, -0.25) is 20.0 Å². The van der Waals surface area contributed by atoms with Crippen LogP contribution in [0.15, 0.2) is 127 Å². The Labute approximate surface area is 333 Å². The van der Waals surface area contributed by atoms with E-state index in [1.807, 2.05) is 0 Å². The van der Waals surface area contributed by atoms with Crippen molar-refractivity contribution in [3.8, 4) is 0 Å². The third-order valence-corrected chi connectivity index (χ3v) is 8.49.